The van der Waals surface area contributed by atoms with Gasteiger partial charge in [0.2, 0.25) is 0 Å². The van der Waals surface area contributed by atoms with Crippen LogP contribution in [-0.4, -0.2) is 31.2 Å². The van der Waals surface area contributed by atoms with E-state index < -0.39 is 0 Å². The first-order valence-corrected chi connectivity index (χ1v) is 6.26. The summed E-state index contributed by atoms with van der Waals surface area (Å²) in [6, 6.07) is 6.53. The van der Waals surface area contributed by atoms with Gasteiger partial charge in [0.15, 0.2) is 0 Å². The Bertz CT molecular complexity index is 378. The fourth-order valence-electron chi connectivity index (χ4n) is 2.44. The molecule has 17 heavy (non-hydrogen) atoms. The summed E-state index contributed by atoms with van der Waals surface area (Å²) in [6.45, 7) is 6.00. The summed E-state index contributed by atoms with van der Waals surface area (Å²) in [5.41, 5.74) is 9.60. The second kappa shape index (κ2) is 5.63. The lowest BCUT2D eigenvalue weighted by molar-refractivity contribution is 0.107. The van der Waals surface area contributed by atoms with E-state index in [0.29, 0.717) is 12.6 Å². The summed E-state index contributed by atoms with van der Waals surface area (Å²) >= 11 is 0. The van der Waals surface area contributed by atoms with Gasteiger partial charge in [-0.05, 0) is 30.0 Å². The second-order valence-corrected chi connectivity index (χ2v) is 4.85. The number of methoxy groups -OCH3 is 1. The van der Waals surface area contributed by atoms with Crippen LogP contribution in [0.5, 0.6) is 0 Å². The molecule has 1 aliphatic heterocycles. The summed E-state index contributed by atoms with van der Waals surface area (Å²) in [6.07, 6.45) is 1.56. The van der Waals surface area contributed by atoms with E-state index in [1.54, 1.807) is 7.11 Å². The number of likely N-dealkylation sites (tertiary alicyclic amines) is 1. The van der Waals surface area contributed by atoms with Gasteiger partial charge in [-0.2, -0.15) is 0 Å². The topological polar surface area (TPSA) is 38.5 Å². The molecule has 1 aromatic carbocycles. The minimum absolute atomic E-state index is 0.415. The molecule has 1 fully saturated rings. The molecule has 0 bridgehead atoms. The average molecular weight is 234 g/mol. The zero-order chi connectivity index (χ0) is 12.3. The van der Waals surface area contributed by atoms with Gasteiger partial charge in [-0.15, -0.1) is 0 Å². The van der Waals surface area contributed by atoms with Crippen molar-refractivity contribution >= 4 is 0 Å². The predicted molar refractivity (Wildman–Crippen MR) is 69.8 cm³/mol. The quantitative estimate of drug-likeness (QED) is 0.861. The normalized spacial score (nSPS) is 21.0. The molecule has 0 aromatic heterocycles. The van der Waals surface area contributed by atoms with Crippen LogP contribution in [0.3, 0.4) is 0 Å². The molecule has 1 aliphatic rings. The smallest absolute Gasteiger partial charge is 0.0710 e. The molecule has 1 aromatic rings. The highest BCUT2D eigenvalue weighted by Crippen LogP contribution is 2.18. The van der Waals surface area contributed by atoms with Crippen molar-refractivity contribution in [2.75, 3.05) is 20.2 Å². The number of ether oxygens (including phenoxy) is 1. The molecular formula is C14H22N2O. The van der Waals surface area contributed by atoms with E-state index in [1.807, 2.05) is 0 Å². The van der Waals surface area contributed by atoms with Crippen molar-refractivity contribution in [3.8, 4) is 0 Å². The molecule has 0 spiro atoms. The number of nitrogens with zero attached hydrogens (tertiary/aromatic N) is 1. The maximum absolute atomic E-state index is 5.64. The second-order valence-electron chi connectivity index (χ2n) is 4.85. The number of hydrogen-bond donors (Lipinski definition) is 1. The van der Waals surface area contributed by atoms with Crippen molar-refractivity contribution in [3.05, 3.63) is 34.9 Å². The predicted octanol–water partition coefficient (Wildman–Crippen LogP) is 1.67. The fraction of sp³-hybridized carbons (Fsp3) is 0.571. The zero-order valence-corrected chi connectivity index (χ0v) is 10.8. The molecule has 2 rings (SSSR count). The Hall–Kier alpha value is -0.900. The van der Waals surface area contributed by atoms with Crippen molar-refractivity contribution in [3.63, 3.8) is 0 Å². The maximum Gasteiger partial charge on any atom is 0.0710 e. The molecule has 1 atom stereocenters. The monoisotopic (exact) mass is 234 g/mol. The Morgan fingerprint density at radius 3 is 2.88 bits per heavy atom. The standard InChI is InChI=1S/C14H22N2O/c1-11-7-12(8-15)3-4-13(11)9-16-6-5-14(10-16)17-2/h3-4,7,14H,5-6,8-10,15H2,1-2H3. The van der Waals surface area contributed by atoms with Gasteiger partial charge in [-0.3, -0.25) is 4.90 Å². The van der Waals surface area contributed by atoms with Crippen molar-refractivity contribution in [1.29, 1.82) is 0 Å². The molecule has 94 valence electrons. The molecule has 1 saturated heterocycles. The van der Waals surface area contributed by atoms with Crippen LogP contribution in [0.4, 0.5) is 0 Å². The molecule has 3 nitrogen and oxygen atoms in total. The fourth-order valence-corrected chi connectivity index (χ4v) is 2.44. The SMILES string of the molecule is COC1CCN(Cc2ccc(CN)cc2C)C1. The number of nitrogens with two attached hydrogens (primary N) is 1. The Morgan fingerprint density at radius 2 is 2.29 bits per heavy atom. The molecule has 1 unspecified atom stereocenters. The van der Waals surface area contributed by atoms with Crippen molar-refractivity contribution in [2.45, 2.75) is 32.5 Å². The molecule has 3 heteroatoms. The first-order chi connectivity index (χ1) is 8.22. The minimum Gasteiger partial charge on any atom is -0.380 e. The Morgan fingerprint density at radius 1 is 1.47 bits per heavy atom. The molecule has 0 aliphatic carbocycles. The number of hydrogen-bond acceptors (Lipinski definition) is 3. The lowest BCUT2D eigenvalue weighted by Gasteiger charge is -2.17. The first-order valence-electron chi connectivity index (χ1n) is 6.26. The third-order valence-electron chi connectivity index (χ3n) is 3.60. The van der Waals surface area contributed by atoms with Crippen LogP contribution < -0.4 is 5.73 Å². The summed E-state index contributed by atoms with van der Waals surface area (Å²) in [5, 5.41) is 0. The van der Waals surface area contributed by atoms with Crippen LogP contribution in [0, 0.1) is 6.92 Å². The van der Waals surface area contributed by atoms with Crippen LogP contribution in [0.2, 0.25) is 0 Å². The molecule has 2 N–H and O–H groups in total. The Kier molecular flexibility index (Phi) is 4.15. The summed E-state index contributed by atoms with van der Waals surface area (Å²) < 4.78 is 5.39. The van der Waals surface area contributed by atoms with Gasteiger partial charge in [-0.25, -0.2) is 0 Å². The van der Waals surface area contributed by atoms with Gasteiger partial charge >= 0.3 is 0 Å². The van der Waals surface area contributed by atoms with Crippen LogP contribution in [0.25, 0.3) is 0 Å². The maximum atomic E-state index is 5.64. The van der Waals surface area contributed by atoms with Crippen LogP contribution >= 0.6 is 0 Å². The Labute approximate surface area is 104 Å². The van der Waals surface area contributed by atoms with E-state index in [0.717, 1.165) is 26.1 Å². The van der Waals surface area contributed by atoms with Gasteiger partial charge in [-0.1, -0.05) is 18.2 Å². The van der Waals surface area contributed by atoms with E-state index >= 15 is 0 Å². The number of benzene rings is 1. The highest BCUT2D eigenvalue weighted by atomic mass is 16.5. The third kappa shape index (κ3) is 3.06. The lowest BCUT2D eigenvalue weighted by Crippen LogP contribution is -2.22. The number of aryl methyl sites for hydroxylation is 1. The highest BCUT2D eigenvalue weighted by Gasteiger charge is 2.22. The summed E-state index contributed by atoms with van der Waals surface area (Å²) in [5.74, 6) is 0. The van der Waals surface area contributed by atoms with Crippen molar-refractivity contribution in [1.82, 2.24) is 4.90 Å². The van der Waals surface area contributed by atoms with E-state index in [2.05, 4.69) is 30.0 Å². The van der Waals surface area contributed by atoms with Crippen molar-refractivity contribution in [2.24, 2.45) is 5.73 Å². The molecule has 0 amide bonds. The van der Waals surface area contributed by atoms with Crippen LogP contribution in [0.1, 0.15) is 23.1 Å². The zero-order valence-electron chi connectivity index (χ0n) is 10.8. The van der Waals surface area contributed by atoms with Crippen molar-refractivity contribution < 1.29 is 4.74 Å². The summed E-state index contributed by atoms with van der Waals surface area (Å²) in [7, 11) is 1.80. The van der Waals surface area contributed by atoms with E-state index in [1.165, 1.54) is 16.7 Å². The molecular weight excluding hydrogens is 212 g/mol. The minimum atomic E-state index is 0.415. The van der Waals surface area contributed by atoms with Crippen LogP contribution in [0.15, 0.2) is 18.2 Å². The molecule has 0 radical (unpaired) electrons. The van der Waals surface area contributed by atoms with Gasteiger partial charge in [0, 0.05) is 33.3 Å². The average Bonchev–Trinajstić information content (AvgIpc) is 2.79. The summed E-state index contributed by atoms with van der Waals surface area (Å²) in [4.78, 5) is 2.46. The molecule has 0 saturated carbocycles. The van der Waals surface area contributed by atoms with Gasteiger partial charge < -0.3 is 10.5 Å². The largest absolute Gasteiger partial charge is 0.380 e. The number of rotatable bonds is 4. The van der Waals surface area contributed by atoms with E-state index in [4.69, 9.17) is 10.5 Å². The van der Waals surface area contributed by atoms with Gasteiger partial charge in [0.1, 0.15) is 0 Å². The molecule has 1 heterocycles. The van der Waals surface area contributed by atoms with E-state index in [9.17, 15) is 0 Å². The third-order valence-corrected chi connectivity index (χ3v) is 3.60. The first kappa shape index (κ1) is 12.6. The van der Waals surface area contributed by atoms with Gasteiger partial charge in [0.05, 0.1) is 6.10 Å². The van der Waals surface area contributed by atoms with Gasteiger partial charge in [0.25, 0.3) is 0 Å². The highest BCUT2D eigenvalue weighted by molar-refractivity contribution is 5.31. The van der Waals surface area contributed by atoms with E-state index in [-0.39, 0.29) is 0 Å². The van der Waals surface area contributed by atoms with Crippen LogP contribution in [-0.2, 0) is 17.8 Å². The Balaban J connectivity index is 1.99. The lowest BCUT2D eigenvalue weighted by atomic mass is 10.0.